The molecule has 0 aromatic carbocycles. The van der Waals surface area contributed by atoms with E-state index in [1.807, 2.05) is 0 Å². The Labute approximate surface area is 78.8 Å². The lowest BCUT2D eigenvalue weighted by atomic mass is 10.3. The van der Waals surface area contributed by atoms with Gasteiger partial charge in [0.2, 0.25) is 0 Å². The number of rotatable bonds is 2. The highest BCUT2D eigenvalue weighted by atomic mass is 32.2. The summed E-state index contributed by atoms with van der Waals surface area (Å²) in [5.41, 5.74) is 4.40. The maximum absolute atomic E-state index is 12.3. The fraction of sp³-hybridized carbons (Fsp3) is 0.167. The highest BCUT2D eigenvalue weighted by Gasteiger charge is 2.22. The van der Waals surface area contributed by atoms with Crippen LogP contribution >= 0.6 is 0 Å². The third-order valence-corrected chi connectivity index (χ3v) is 2.28. The van der Waals surface area contributed by atoms with Crippen molar-refractivity contribution in [3.8, 4) is 0 Å². The molecule has 78 valence electrons. The molecule has 14 heavy (non-hydrogen) atoms. The minimum atomic E-state index is -4.27. The van der Waals surface area contributed by atoms with E-state index >= 15 is 0 Å². The number of hydrogen-bond acceptors (Lipinski definition) is 4. The van der Waals surface area contributed by atoms with E-state index in [0.29, 0.717) is 0 Å². The summed E-state index contributed by atoms with van der Waals surface area (Å²) in [7, 11) is -4.27. The Hall–Kier alpha value is -1.28. The molecular formula is C6H7F2N3O2S. The molecule has 0 aliphatic heterocycles. The number of primary sulfonamides is 1. The predicted octanol–water partition coefficient (Wildman–Crippen LogP) is 0.249. The number of aromatic nitrogens is 1. The molecule has 8 heteroatoms. The van der Waals surface area contributed by atoms with Crippen molar-refractivity contribution < 1.29 is 17.2 Å². The molecule has 4 N–H and O–H groups in total. The number of nitrogens with zero attached hydrogens (tertiary/aromatic N) is 1. The maximum atomic E-state index is 12.3. The van der Waals surface area contributed by atoms with Crippen LogP contribution in [0.2, 0.25) is 0 Å². The smallest absolute Gasteiger partial charge is 0.266 e. The van der Waals surface area contributed by atoms with Crippen LogP contribution in [0.25, 0.3) is 0 Å². The molecule has 0 fully saturated rings. The minimum Gasteiger partial charge on any atom is -0.384 e. The molecule has 1 aromatic heterocycles. The van der Waals surface area contributed by atoms with E-state index in [9.17, 15) is 17.2 Å². The predicted molar refractivity (Wildman–Crippen MR) is 45.0 cm³/mol. The van der Waals surface area contributed by atoms with Gasteiger partial charge in [0.1, 0.15) is 5.82 Å². The first kappa shape index (κ1) is 10.8. The summed E-state index contributed by atoms with van der Waals surface area (Å²) >= 11 is 0. The van der Waals surface area contributed by atoms with Crippen LogP contribution in [0, 0.1) is 0 Å². The van der Waals surface area contributed by atoms with E-state index in [1.165, 1.54) is 0 Å². The largest absolute Gasteiger partial charge is 0.384 e. The molecule has 5 nitrogen and oxygen atoms in total. The van der Waals surface area contributed by atoms with Crippen LogP contribution in [0.3, 0.4) is 0 Å². The highest BCUT2D eigenvalue weighted by Crippen LogP contribution is 2.24. The first-order valence-electron chi connectivity index (χ1n) is 3.39. The Morgan fingerprint density at radius 1 is 1.36 bits per heavy atom. The molecule has 0 bridgehead atoms. The number of nitrogen functional groups attached to an aromatic ring is 1. The molecule has 0 amide bonds. The summed E-state index contributed by atoms with van der Waals surface area (Å²) in [5.74, 6) is -0.182. The Morgan fingerprint density at radius 3 is 2.36 bits per heavy atom. The second-order valence-electron chi connectivity index (χ2n) is 2.48. The van der Waals surface area contributed by atoms with E-state index in [-0.39, 0.29) is 5.82 Å². The van der Waals surface area contributed by atoms with Gasteiger partial charge < -0.3 is 5.73 Å². The van der Waals surface area contributed by atoms with Crippen LogP contribution in [0.15, 0.2) is 17.2 Å². The van der Waals surface area contributed by atoms with Crippen molar-refractivity contribution >= 4 is 15.8 Å². The van der Waals surface area contributed by atoms with Gasteiger partial charge in [0.25, 0.3) is 16.4 Å². The van der Waals surface area contributed by atoms with Crippen LogP contribution < -0.4 is 10.9 Å². The number of anilines is 1. The Balaban J connectivity index is 3.46. The summed E-state index contributed by atoms with van der Waals surface area (Å²) in [6.45, 7) is 0. The molecule has 1 aromatic rings. The van der Waals surface area contributed by atoms with E-state index < -0.39 is 27.0 Å². The molecule has 0 saturated carbocycles. The van der Waals surface area contributed by atoms with Crippen LogP contribution in [0.1, 0.15) is 12.0 Å². The standard InChI is InChI=1S/C6H7F2N3O2S/c7-5(8)3-1-2-4(9)11-6(3)14(10,12)13/h1-2,5H,(H2,9,11)(H2,10,12,13). The fourth-order valence-corrected chi connectivity index (χ4v) is 1.58. The third-order valence-electron chi connectivity index (χ3n) is 1.42. The number of hydrogen-bond donors (Lipinski definition) is 2. The molecule has 0 aliphatic rings. The zero-order chi connectivity index (χ0) is 10.9. The molecule has 0 spiro atoms. The van der Waals surface area contributed by atoms with Crippen LogP contribution in [0.4, 0.5) is 14.6 Å². The van der Waals surface area contributed by atoms with E-state index in [4.69, 9.17) is 5.73 Å². The lowest BCUT2D eigenvalue weighted by Crippen LogP contribution is -2.17. The third kappa shape index (κ3) is 2.15. The first-order valence-corrected chi connectivity index (χ1v) is 4.94. The van der Waals surface area contributed by atoms with Crippen molar-refractivity contribution in [1.82, 2.24) is 4.98 Å². The number of pyridine rings is 1. The van der Waals surface area contributed by atoms with Gasteiger partial charge in [0.05, 0.1) is 5.56 Å². The Kier molecular flexibility index (Phi) is 2.67. The van der Waals surface area contributed by atoms with Gasteiger partial charge in [-0.25, -0.2) is 27.3 Å². The first-order chi connectivity index (χ1) is 6.32. The van der Waals surface area contributed by atoms with Crippen molar-refractivity contribution in [3.05, 3.63) is 17.7 Å². The highest BCUT2D eigenvalue weighted by molar-refractivity contribution is 7.89. The second kappa shape index (κ2) is 3.46. The summed E-state index contributed by atoms with van der Waals surface area (Å²) in [6.07, 6.45) is -2.96. The summed E-state index contributed by atoms with van der Waals surface area (Å²) in [5, 5.41) is 3.80. The van der Waals surface area contributed by atoms with Crippen molar-refractivity contribution in [3.63, 3.8) is 0 Å². The minimum absolute atomic E-state index is 0.182. The van der Waals surface area contributed by atoms with Gasteiger partial charge >= 0.3 is 0 Å². The van der Waals surface area contributed by atoms with Gasteiger partial charge in [-0.15, -0.1) is 0 Å². The van der Waals surface area contributed by atoms with E-state index in [2.05, 4.69) is 10.1 Å². The zero-order valence-electron chi connectivity index (χ0n) is 6.81. The number of sulfonamides is 1. The van der Waals surface area contributed by atoms with Crippen molar-refractivity contribution in [2.45, 2.75) is 11.5 Å². The van der Waals surface area contributed by atoms with Gasteiger partial charge in [-0.1, -0.05) is 0 Å². The SMILES string of the molecule is Nc1ccc(C(F)F)c(S(N)(=O)=O)n1. The monoisotopic (exact) mass is 223 g/mol. The number of nitrogens with two attached hydrogens (primary N) is 2. The summed E-state index contributed by atoms with van der Waals surface area (Å²) < 4.78 is 46.3. The van der Waals surface area contributed by atoms with Gasteiger partial charge in [0, 0.05) is 0 Å². The number of halogens is 2. The molecule has 1 heterocycles. The maximum Gasteiger partial charge on any atom is 0.266 e. The van der Waals surface area contributed by atoms with Crippen molar-refractivity contribution in [1.29, 1.82) is 0 Å². The summed E-state index contributed by atoms with van der Waals surface area (Å²) in [4.78, 5) is 3.25. The van der Waals surface area contributed by atoms with Gasteiger partial charge in [-0.3, -0.25) is 0 Å². The quantitative estimate of drug-likeness (QED) is 0.750. The number of alkyl halides is 2. The van der Waals surface area contributed by atoms with Gasteiger partial charge in [-0.2, -0.15) is 0 Å². The van der Waals surface area contributed by atoms with Crippen molar-refractivity contribution in [2.75, 3.05) is 5.73 Å². The topological polar surface area (TPSA) is 99.1 Å². The van der Waals surface area contributed by atoms with E-state index in [1.54, 1.807) is 0 Å². The van der Waals surface area contributed by atoms with Gasteiger partial charge in [-0.05, 0) is 12.1 Å². The van der Waals surface area contributed by atoms with Crippen LogP contribution in [-0.2, 0) is 10.0 Å². The average molecular weight is 223 g/mol. The molecule has 0 atom stereocenters. The lowest BCUT2D eigenvalue weighted by Gasteiger charge is -2.05. The molecule has 0 aliphatic carbocycles. The second-order valence-corrected chi connectivity index (χ2v) is 3.95. The fourth-order valence-electron chi connectivity index (χ4n) is 0.859. The van der Waals surface area contributed by atoms with E-state index in [0.717, 1.165) is 12.1 Å². The lowest BCUT2D eigenvalue weighted by molar-refractivity contribution is 0.147. The average Bonchev–Trinajstić information content (AvgIpc) is 2.01. The Bertz CT molecular complexity index is 446. The van der Waals surface area contributed by atoms with Crippen molar-refractivity contribution in [2.24, 2.45) is 5.14 Å². The molecule has 1 rings (SSSR count). The zero-order valence-corrected chi connectivity index (χ0v) is 7.63. The molecule has 0 saturated heterocycles. The molecule has 0 unspecified atom stereocenters. The van der Waals surface area contributed by atoms with Crippen LogP contribution in [-0.4, -0.2) is 13.4 Å². The molecule has 0 radical (unpaired) electrons. The Morgan fingerprint density at radius 2 is 1.93 bits per heavy atom. The summed E-state index contributed by atoms with van der Waals surface area (Å²) in [6, 6.07) is 1.96. The van der Waals surface area contributed by atoms with Gasteiger partial charge in [0.15, 0.2) is 5.03 Å². The normalized spacial score (nSPS) is 12.0. The van der Waals surface area contributed by atoms with Crippen LogP contribution in [0.5, 0.6) is 0 Å². The molecular weight excluding hydrogens is 216 g/mol.